The topological polar surface area (TPSA) is 42.4 Å². The van der Waals surface area contributed by atoms with E-state index in [0.29, 0.717) is 13.0 Å². The molecule has 0 radical (unpaired) electrons. The maximum Gasteiger partial charge on any atom is 0.125 e. The molecule has 110 valence electrons. The summed E-state index contributed by atoms with van der Waals surface area (Å²) in [6, 6.07) is 9.54. The number of nitrogens with zero attached hydrogens (tertiary/aromatic N) is 1. The third-order valence-electron chi connectivity index (χ3n) is 3.88. The Bertz CT molecular complexity index is 657. The van der Waals surface area contributed by atoms with Gasteiger partial charge in [0.2, 0.25) is 0 Å². The van der Waals surface area contributed by atoms with E-state index in [1.807, 2.05) is 30.3 Å². The van der Waals surface area contributed by atoms with Crippen LogP contribution >= 0.6 is 15.9 Å². The maximum absolute atomic E-state index is 11.5. The normalized spacial score (nSPS) is 23.8. The number of aromatic nitrogens is 1. The number of rotatable bonds is 1. The molecule has 1 atom stereocenters. The minimum Gasteiger partial charge on any atom is -0.493 e. The van der Waals surface area contributed by atoms with Crippen molar-refractivity contribution in [2.45, 2.75) is 25.9 Å². The van der Waals surface area contributed by atoms with Crippen molar-refractivity contribution in [2.75, 3.05) is 6.61 Å². The fraction of sp³-hybridized carbons (Fsp3) is 0.353. The highest BCUT2D eigenvalue weighted by Gasteiger charge is 2.42. The van der Waals surface area contributed by atoms with Crippen molar-refractivity contribution in [1.82, 2.24) is 4.98 Å². The lowest BCUT2D eigenvalue weighted by Gasteiger charge is -2.33. The Labute approximate surface area is 133 Å². The number of hydrogen-bond acceptors (Lipinski definition) is 3. The third kappa shape index (κ3) is 2.70. The molecular weight excluding hydrogens is 330 g/mol. The van der Waals surface area contributed by atoms with Gasteiger partial charge in [-0.2, -0.15) is 0 Å². The molecular formula is C17H18BrNO2. The van der Waals surface area contributed by atoms with Crippen LogP contribution in [0.2, 0.25) is 0 Å². The van der Waals surface area contributed by atoms with Crippen LogP contribution in [0.4, 0.5) is 0 Å². The first-order valence-corrected chi connectivity index (χ1v) is 7.76. The maximum atomic E-state index is 11.5. The van der Waals surface area contributed by atoms with Crippen LogP contribution in [0.1, 0.15) is 31.4 Å². The summed E-state index contributed by atoms with van der Waals surface area (Å²) in [5, 5.41) is 11.5. The van der Waals surface area contributed by atoms with Crippen molar-refractivity contribution < 1.29 is 9.84 Å². The molecule has 2 aromatic rings. The summed E-state index contributed by atoms with van der Waals surface area (Å²) in [5.41, 5.74) is 0.335. The molecule has 0 aliphatic carbocycles. The predicted octanol–water partition coefficient (Wildman–Crippen LogP) is 3.89. The van der Waals surface area contributed by atoms with Crippen molar-refractivity contribution in [1.29, 1.82) is 0 Å². The van der Waals surface area contributed by atoms with Gasteiger partial charge in [-0.3, -0.25) is 4.98 Å². The Morgan fingerprint density at radius 1 is 1.29 bits per heavy atom. The van der Waals surface area contributed by atoms with Gasteiger partial charge in [0.05, 0.1) is 6.61 Å². The molecule has 0 amide bonds. The van der Waals surface area contributed by atoms with Crippen LogP contribution in [0, 0.1) is 5.41 Å². The van der Waals surface area contributed by atoms with E-state index in [-0.39, 0.29) is 5.41 Å². The van der Waals surface area contributed by atoms with Gasteiger partial charge in [-0.05, 0) is 30.7 Å². The monoisotopic (exact) mass is 347 g/mol. The van der Waals surface area contributed by atoms with Crippen LogP contribution in [0.25, 0.3) is 0 Å². The zero-order valence-corrected chi connectivity index (χ0v) is 13.7. The molecule has 3 rings (SSSR count). The summed E-state index contributed by atoms with van der Waals surface area (Å²) < 4.78 is 6.86. The smallest absolute Gasteiger partial charge is 0.125 e. The van der Waals surface area contributed by atoms with Crippen LogP contribution in [0.15, 0.2) is 47.2 Å². The van der Waals surface area contributed by atoms with Crippen molar-refractivity contribution in [2.24, 2.45) is 5.41 Å². The molecule has 4 heteroatoms. The van der Waals surface area contributed by atoms with Crippen LogP contribution < -0.4 is 4.74 Å². The summed E-state index contributed by atoms with van der Waals surface area (Å²) >= 11 is 3.49. The molecule has 0 bridgehead atoms. The lowest BCUT2D eigenvalue weighted by atomic mass is 9.75. The summed E-state index contributed by atoms with van der Waals surface area (Å²) in [6.45, 7) is 4.79. The first-order valence-electron chi connectivity index (χ1n) is 6.96. The Morgan fingerprint density at radius 3 is 2.81 bits per heavy atom. The molecule has 0 spiro atoms. The van der Waals surface area contributed by atoms with E-state index in [4.69, 9.17) is 4.74 Å². The fourth-order valence-corrected chi connectivity index (χ4v) is 3.29. The molecule has 0 saturated heterocycles. The lowest BCUT2D eigenvalue weighted by Crippen LogP contribution is -2.33. The Balaban J connectivity index is 2.23. The molecule has 0 saturated carbocycles. The van der Waals surface area contributed by atoms with Crippen LogP contribution in [-0.2, 0) is 5.60 Å². The van der Waals surface area contributed by atoms with Crippen molar-refractivity contribution in [3.05, 3.63) is 58.3 Å². The highest BCUT2D eigenvalue weighted by Crippen LogP contribution is 2.47. The molecule has 3 nitrogen and oxygen atoms in total. The number of halogens is 1. The van der Waals surface area contributed by atoms with E-state index in [2.05, 4.69) is 34.8 Å². The molecule has 1 aliphatic heterocycles. The van der Waals surface area contributed by atoms with Gasteiger partial charge in [0.1, 0.15) is 11.4 Å². The molecule has 1 aliphatic rings. The van der Waals surface area contributed by atoms with Gasteiger partial charge in [0.25, 0.3) is 0 Å². The van der Waals surface area contributed by atoms with Gasteiger partial charge in [0, 0.05) is 33.4 Å². The van der Waals surface area contributed by atoms with E-state index in [0.717, 1.165) is 21.3 Å². The summed E-state index contributed by atoms with van der Waals surface area (Å²) in [7, 11) is 0. The number of aliphatic hydroxyl groups is 1. The second-order valence-electron chi connectivity index (χ2n) is 6.37. The van der Waals surface area contributed by atoms with Gasteiger partial charge in [-0.25, -0.2) is 0 Å². The molecule has 0 fully saturated rings. The Kier molecular flexibility index (Phi) is 3.54. The average Bonchev–Trinajstić information content (AvgIpc) is 2.55. The number of hydrogen-bond donors (Lipinski definition) is 1. The third-order valence-corrected chi connectivity index (χ3v) is 4.37. The summed E-state index contributed by atoms with van der Waals surface area (Å²) in [6.07, 6.45) is 4.02. The van der Waals surface area contributed by atoms with Gasteiger partial charge in [-0.15, -0.1) is 0 Å². The molecule has 1 aromatic carbocycles. The molecule has 2 heterocycles. The minimum absolute atomic E-state index is 0.143. The largest absolute Gasteiger partial charge is 0.493 e. The zero-order chi connectivity index (χ0) is 15.1. The standard InChI is InChI=1S/C17H18BrNO2/c1-16(2)10-17(20,12-4-3-7-19-9-12)14-8-13(18)5-6-15(14)21-11-16/h3-9,20H,10-11H2,1-2H3. The van der Waals surface area contributed by atoms with Crippen molar-refractivity contribution in [3.8, 4) is 5.75 Å². The SMILES string of the molecule is CC1(C)COc2ccc(Br)cc2C(O)(c2cccnc2)C1. The Morgan fingerprint density at radius 2 is 2.10 bits per heavy atom. The quantitative estimate of drug-likeness (QED) is 0.850. The summed E-state index contributed by atoms with van der Waals surface area (Å²) in [5.74, 6) is 0.732. The van der Waals surface area contributed by atoms with Crippen molar-refractivity contribution in [3.63, 3.8) is 0 Å². The van der Waals surface area contributed by atoms with Gasteiger partial charge < -0.3 is 9.84 Å². The average molecular weight is 348 g/mol. The van der Waals surface area contributed by atoms with Gasteiger partial charge >= 0.3 is 0 Å². The molecule has 21 heavy (non-hydrogen) atoms. The van der Waals surface area contributed by atoms with Crippen molar-refractivity contribution >= 4 is 15.9 Å². The van der Waals surface area contributed by atoms with Gasteiger partial charge in [-0.1, -0.05) is 35.8 Å². The minimum atomic E-state index is -1.10. The predicted molar refractivity (Wildman–Crippen MR) is 85.3 cm³/mol. The molecule has 1 unspecified atom stereocenters. The highest BCUT2D eigenvalue weighted by atomic mass is 79.9. The number of benzene rings is 1. The lowest BCUT2D eigenvalue weighted by molar-refractivity contribution is 0.0298. The number of ether oxygens (including phenoxy) is 1. The first-order chi connectivity index (χ1) is 9.91. The van der Waals surface area contributed by atoms with Gasteiger partial charge in [0.15, 0.2) is 0 Å². The second kappa shape index (κ2) is 5.11. The van der Waals surface area contributed by atoms with E-state index in [9.17, 15) is 5.11 Å². The van der Waals surface area contributed by atoms with E-state index >= 15 is 0 Å². The fourth-order valence-electron chi connectivity index (χ4n) is 2.93. The number of fused-ring (bicyclic) bond motifs is 1. The van der Waals surface area contributed by atoms with E-state index in [1.165, 1.54) is 0 Å². The zero-order valence-electron chi connectivity index (χ0n) is 12.1. The Hall–Kier alpha value is -1.39. The molecule has 1 aromatic heterocycles. The first kappa shape index (κ1) is 14.5. The highest BCUT2D eigenvalue weighted by molar-refractivity contribution is 9.10. The van der Waals surface area contributed by atoms with Crippen LogP contribution in [-0.4, -0.2) is 16.7 Å². The van der Waals surface area contributed by atoms with E-state index < -0.39 is 5.60 Å². The summed E-state index contributed by atoms with van der Waals surface area (Å²) in [4.78, 5) is 4.17. The number of pyridine rings is 1. The second-order valence-corrected chi connectivity index (χ2v) is 7.29. The van der Waals surface area contributed by atoms with Crippen LogP contribution in [0.5, 0.6) is 5.75 Å². The van der Waals surface area contributed by atoms with E-state index in [1.54, 1.807) is 12.4 Å². The molecule has 1 N–H and O–H groups in total. The van der Waals surface area contributed by atoms with Crippen LogP contribution in [0.3, 0.4) is 0 Å².